The standard InChI is InChI=1S/C18H22N2O4S/c1-12(14-5-7-24-8-6-14)20(17(21)18(22)23-2)10-13-3-4-16-15(9-13)19-11-25-16/h3-4,9,11-12,14H,5-8,10H2,1-2H3. The van der Waals surface area contributed by atoms with Crippen molar-refractivity contribution in [1.29, 1.82) is 0 Å². The van der Waals surface area contributed by atoms with Crippen molar-refractivity contribution in [3.63, 3.8) is 0 Å². The first kappa shape index (κ1) is 17.8. The Hall–Kier alpha value is -1.99. The predicted octanol–water partition coefficient (Wildman–Crippen LogP) is 2.61. The number of aromatic nitrogens is 1. The SMILES string of the molecule is COC(=O)C(=O)N(Cc1ccc2scnc2c1)C(C)C1CCOCC1. The monoisotopic (exact) mass is 362 g/mol. The quantitative estimate of drug-likeness (QED) is 0.618. The number of hydrogen-bond donors (Lipinski definition) is 0. The highest BCUT2D eigenvalue weighted by molar-refractivity contribution is 7.16. The predicted molar refractivity (Wildman–Crippen MR) is 95.2 cm³/mol. The van der Waals surface area contributed by atoms with Gasteiger partial charge in [-0.05, 0) is 43.4 Å². The Bertz CT molecular complexity index is 754. The summed E-state index contributed by atoms with van der Waals surface area (Å²) in [6.45, 7) is 3.75. The molecule has 2 aromatic rings. The Labute approximate surface area is 150 Å². The highest BCUT2D eigenvalue weighted by atomic mass is 32.1. The number of esters is 1. The van der Waals surface area contributed by atoms with E-state index >= 15 is 0 Å². The van der Waals surface area contributed by atoms with Crippen molar-refractivity contribution < 1.29 is 19.1 Å². The molecule has 2 heterocycles. The molecule has 1 fully saturated rings. The van der Waals surface area contributed by atoms with Crippen molar-refractivity contribution in [2.75, 3.05) is 20.3 Å². The summed E-state index contributed by atoms with van der Waals surface area (Å²) in [5, 5.41) is 0. The normalized spacial score (nSPS) is 16.6. The molecule has 0 saturated carbocycles. The number of amides is 1. The number of fused-ring (bicyclic) bond motifs is 1. The summed E-state index contributed by atoms with van der Waals surface area (Å²) in [5.41, 5.74) is 3.66. The fourth-order valence-electron chi connectivity index (χ4n) is 3.26. The van der Waals surface area contributed by atoms with E-state index in [1.54, 1.807) is 21.7 Å². The van der Waals surface area contributed by atoms with Crippen molar-refractivity contribution in [3.05, 3.63) is 29.3 Å². The highest BCUT2D eigenvalue weighted by Gasteiger charge is 2.32. The molecule has 0 radical (unpaired) electrons. The minimum Gasteiger partial charge on any atom is -0.462 e. The highest BCUT2D eigenvalue weighted by Crippen LogP contribution is 2.26. The lowest BCUT2D eigenvalue weighted by atomic mass is 9.91. The minimum atomic E-state index is -0.825. The zero-order valence-electron chi connectivity index (χ0n) is 14.4. The van der Waals surface area contributed by atoms with Crippen LogP contribution in [0.1, 0.15) is 25.3 Å². The van der Waals surface area contributed by atoms with Gasteiger partial charge in [0.15, 0.2) is 0 Å². The van der Waals surface area contributed by atoms with E-state index in [9.17, 15) is 9.59 Å². The van der Waals surface area contributed by atoms with E-state index < -0.39 is 11.9 Å². The maximum absolute atomic E-state index is 12.6. The average molecular weight is 362 g/mol. The number of benzene rings is 1. The number of carbonyl (C=O) groups excluding carboxylic acids is 2. The third-order valence-corrected chi connectivity index (χ3v) is 5.62. The first-order valence-corrected chi connectivity index (χ1v) is 9.27. The number of rotatable bonds is 4. The van der Waals surface area contributed by atoms with Gasteiger partial charge < -0.3 is 14.4 Å². The summed E-state index contributed by atoms with van der Waals surface area (Å²) in [6.07, 6.45) is 1.77. The van der Waals surface area contributed by atoms with E-state index in [2.05, 4.69) is 9.72 Å². The molecule has 7 heteroatoms. The Kier molecular flexibility index (Phi) is 5.65. The van der Waals surface area contributed by atoms with Crippen LogP contribution in [0.2, 0.25) is 0 Å². The van der Waals surface area contributed by atoms with Crippen LogP contribution < -0.4 is 0 Å². The second-order valence-corrected chi connectivity index (χ2v) is 7.16. The molecule has 0 bridgehead atoms. The first-order valence-electron chi connectivity index (χ1n) is 8.39. The van der Waals surface area contributed by atoms with E-state index in [1.807, 2.05) is 25.1 Å². The van der Waals surface area contributed by atoms with Gasteiger partial charge in [0.2, 0.25) is 0 Å². The van der Waals surface area contributed by atoms with E-state index in [1.165, 1.54) is 7.11 Å². The molecule has 0 aliphatic carbocycles. The maximum Gasteiger partial charge on any atom is 0.396 e. The van der Waals surface area contributed by atoms with Gasteiger partial charge >= 0.3 is 11.9 Å². The van der Waals surface area contributed by atoms with Crippen LogP contribution in [0, 0.1) is 5.92 Å². The summed E-state index contributed by atoms with van der Waals surface area (Å²) in [7, 11) is 1.23. The molecule has 1 aromatic carbocycles. The van der Waals surface area contributed by atoms with Gasteiger partial charge in [-0.25, -0.2) is 9.78 Å². The van der Waals surface area contributed by atoms with Gasteiger partial charge in [0.25, 0.3) is 0 Å². The molecule has 134 valence electrons. The topological polar surface area (TPSA) is 68.7 Å². The fraction of sp³-hybridized carbons (Fsp3) is 0.500. The van der Waals surface area contributed by atoms with Crippen molar-refractivity contribution in [1.82, 2.24) is 9.88 Å². The number of hydrogen-bond acceptors (Lipinski definition) is 6. The molecule has 1 aliphatic heterocycles. The summed E-state index contributed by atoms with van der Waals surface area (Å²) >= 11 is 1.58. The number of nitrogens with zero attached hydrogens (tertiary/aromatic N) is 2. The maximum atomic E-state index is 12.6. The lowest BCUT2D eigenvalue weighted by Crippen LogP contribution is -2.47. The van der Waals surface area contributed by atoms with E-state index in [4.69, 9.17) is 4.74 Å². The number of methoxy groups -OCH3 is 1. The zero-order chi connectivity index (χ0) is 17.8. The number of ether oxygens (including phenoxy) is 2. The number of thiazole rings is 1. The summed E-state index contributed by atoms with van der Waals surface area (Å²) < 4.78 is 11.2. The van der Waals surface area contributed by atoms with Crippen molar-refractivity contribution >= 4 is 33.4 Å². The molecule has 25 heavy (non-hydrogen) atoms. The third-order valence-electron chi connectivity index (χ3n) is 4.81. The molecule has 1 aromatic heterocycles. The third kappa shape index (κ3) is 3.99. The molecule has 0 N–H and O–H groups in total. The Morgan fingerprint density at radius 1 is 1.40 bits per heavy atom. The zero-order valence-corrected chi connectivity index (χ0v) is 15.3. The molecule has 1 saturated heterocycles. The van der Waals surface area contributed by atoms with Crippen LogP contribution in [-0.2, 0) is 25.6 Å². The minimum absolute atomic E-state index is 0.0679. The molecule has 1 aliphatic rings. The average Bonchev–Trinajstić information content (AvgIpc) is 3.13. The fourth-order valence-corrected chi connectivity index (χ4v) is 3.92. The van der Waals surface area contributed by atoms with Gasteiger partial charge in [0, 0.05) is 25.8 Å². The Morgan fingerprint density at radius 2 is 2.16 bits per heavy atom. The first-order chi connectivity index (χ1) is 12.1. The smallest absolute Gasteiger partial charge is 0.396 e. The molecule has 6 nitrogen and oxygen atoms in total. The van der Waals surface area contributed by atoms with Crippen LogP contribution in [0.3, 0.4) is 0 Å². The van der Waals surface area contributed by atoms with Crippen LogP contribution in [0.15, 0.2) is 23.7 Å². The molecular formula is C18H22N2O4S. The largest absolute Gasteiger partial charge is 0.462 e. The Balaban J connectivity index is 1.83. The van der Waals surface area contributed by atoms with Gasteiger partial charge in [-0.2, -0.15) is 0 Å². The molecule has 0 spiro atoms. The van der Waals surface area contributed by atoms with Crippen LogP contribution in [0.25, 0.3) is 10.2 Å². The van der Waals surface area contributed by atoms with Crippen molar-refractivity contribution in [2.24, 2.45) is 5.92 Å². The van der Waals surface area contributed by atoms with Crippen molar-refractivity contribution in [2.45, 2.75) is 32.4 Å². The lowest BCUT2D eigenvalue weighted by Gasteiger charge is -2.36. The molecule has 1 atom stereocenters. The van der Waals surface area contributed by atoms with Gasteiger partial charge in [-0.15, -0.1) is 11.3 Å². The van der Waals surface area contributed by atoms with E-state index in [0.717, 1.165) is 28.6 Å². The second-order valence-electron chi connectivity index (χ2n) is 6.27. The lowest BCUT2D eigenvalue weighted by molar-refractivity contribution is -0.160. The van der Waals surface area contributed by atoms with Crippen molar-refractivity contribution in [3.8, 4) is 0 Å². The van der Waals surface area contributed by atoms with Gasteiger partial charge in [0.1, 0.15) is 0 Å². The molecular weight excluding hydrogens is 340 g/mol. The van der Waals surface area contributed by atoms with Gasteiger partial charge in [0.05, 0.1) is 22.8 Å². The molecule has 1 amide bonds. The van der Waals surface area contributed by atoms with Gasteiger partial charge in [-0.3, -0.25) is 4.79 Å². The van der Waals surface area contributed by atoms with E-state index in [0.29, 0.717) is 25.7 Å². The van der Waals surface area contributed by atoms with Gasteiger partial charge in [-0.1, -0.05) is 6.07 Å². The van der Waals surface area contributed by atoms with Crippen LogP contribution in [-0.4, -0.2) is 48.1 Å². The summed E-state index contributed by atoms with van der Waals surface area (Å²) in [4.78, 5) is 30.4. The summed E-state index contributed by atoms with van der Waals surface area (Å²) in [5.74, 6) is -1.11. The molecule has 1 unspecified atom stereocenters. The number of carbonyl (C=O) groups is 2. The van der Waals surface area contributed by atoms with Crippen LogP contribution >= 0.6 is 11.3 Å². The van der Waals surface area contributed by atoms with Crippen LogP contribution in [0.4, 0.5) is 0 Å². The van der Waals surface area contributed by atoms with Crippen LogP contribution in [0.5, 0.6) is 0 Å². The van der Waals surface area contributed by atoms with E-state index in [-0.39, 0.29) is 6.04 Å². The summed E-state index contributed by atoms with van der Waals surface area (Å²) in [6, 6.07) is 5.89. The Morgan fingerprint density at radius 3 is 2.88 bits per heavy atom. The molecule has 3 rings (SSSR count). The second kappa shape index (κ2) is 7.93.